The van der Waals surface area contributed by atoms with Crippen LogP contribution in [-0.2, 0) is 35.9 Å². The predicted molar refractivity (Wildman–Crippen MR) is 240 cm³/mol. The minimum Gasteiger partial charge on any atom is -0.488 e. The molecule has 0 fully saturated rings. The van der Waals surface area contributed by atoms with Gasteiger partial charge in [0.15, 0.2) is 0 Å². The van der Waals surface area contributed by atoms with Crippen LogP contribution in [0.15, 0.2) is 85.2 Å². The zero-order valence-corrected chi connectivity index (χ0v) is 36.0. The van der Waals surface area contributed by atoms with Gasteiger partial charge in [-0.15, -0.1) is 0 Å². The Morgan fingerprint density at radius 1 is 0.774 bits per heavy atom. The van der Waals surface area contributed by atoms with Crippen molar-refractivity contribution in [3.05, 3.63) is 124 Å². The van der Waals surface area contributed by atoms with Crippen LogP contribution in [-0.4, -0.2) is 86.0 Å². The second-order valence-corrected chi connectivity index (χ2v) is 15.7. The van der Waals surface area contributed by atoms with Crippen LogP contribution in [0.2, 0.25) is 5.02 Å². The zero-order valence-electron chi connectivity index (χ0n) is 35.2. The number of hydrogen-bond acceptors (Lipinski definition) is 11. The van der Waals surface area contributed by atoms with Gasteiger partial charge in [0.25, 0.3) is 0 Å². The number of rotatable bonds is 22. The summed E-state index contributed by atoms with van der Waals surface area (Å²) in [5.74, 6) is -1.17. The number of aliphatic hydroxyl groups is 2. The Morgan fingerprint density at radius 3 is 2.18 bits per heavy atom. The third kappa shape index (κ3) is 11.7. The summed E-state index contributed by atoms with van der Waals surface area (Å²) in [5, 5.41) is 53.4. The van der Waals surface area contributed by atoms with E-state index in [1.165, 1.54) is 0 Å². The van der Waals surface area contributed by atoms with E-state index in [0.29, 0.717) is 35.2 Å². The molecule has 0 aliphatic rings. The van der Waals surface area contributed by atoms with Crippen molar-refractivity contribution in [1.29, 1.82) is 0 Å². The van der Waals surface area contributed by atoms with Gasteiger partial charge in [0.05, 0.1) is 53.5 Å². The summed E-state index contributed by atoms with van der Waals surface area (Å²) in [6.45, 7) is 8.29. The summed E-state index contributed by atoms with van der Waals surface area (Å²) in [6, 6.07) is 24.3. The number of fused-ring (bicyclic) bond motifs is 1. The van der Waals surface area contributed by atoms with E-state index in [9.17, 15) is 19.8 Å². The smallest absolute Gasteiger partial charge is 0.306 e. The Kier molecular flexibility index (Phi) is 15.5. The number of benzene rings is 4. The molecular formula is C47H53ClN6O8. The van der Waals surface area contributed by atoms with Crippen LogP contribution in [0.25, 0.3) is 33.2 Å². The van der Waals surface area contributed by atoms with Crippen LogP contribution in [0.1, 0.15) is 46.4 Å². The lowest BCUT2D eigenvalue weighted by Crippen LogP contribution is -2.31. The van der Waals surface area contributed by atoms with Crippen LogP contribution >= 0.6 is 11.6 Å². The summed E-state index contributed by atoms with van der Waals surface area (Å²) in [7, 11) is 1.82. The van der Waals surface area contributed by atoms with E-state index in [4.69, 9.17) is 36.4 Å². The highest BCUT2D eigenvalue weighted by Crippen LogP contribution is 2.37. The van der Waals surface area contributed by atoms with E-state index in [1.54, 1.807) is 24.5 Å². The number of halogens is 1. The Labute approximate surface area is 365 Å². The van der Waals surface area contributed by atoms with Gasteiger partial charge in [0.1, 0.15) is 24.7 Å². The number of anilines is 1. The van der Waals surface area contributed by atoms with Crippen molar-refractivity contribution in [2.75, 3.05) is 32.0 Å². The number of hydrogen-bond donors (Lipinski definition) is 7. The quantitative estimate of drug-likeness (QED) is 0.0348. The van der Waals surface area contributed by atoms with E-state index >= 15 is 0 Å². The maximum Gasteiger partial charge on any atom is 0.306 e. The molecule has 0 unspecified atom stereocenters. The largest absolute Gasteiger partial charge is 0.488 e. The van der Waals surface area contributed by atoms with Crippen molar-refractivity contribution < 1.29 is 39.5 Å². The van der Waals surface area contributed by atoms with E-state index < -0.39 is 24.1 Å². The molecule has 6 rings (SSSR count). The Hall–Kier alpha value is -6.03. The third-order valence-electron chi connectivity index (χ3n) is 10.7. The summed E-state index contributed by atoms with van der Waals surface area (Å²) in [5.41, 5.74) is 11.8. The molecule has 6 aromatic rings. The third-order valence-corrected chi connectivity index (χ3v) is 11.0. The lowest BCUT2D eigenvalue weighted by molar-refractivity contribution is -0.140. The first kappa shape index (κ1) is 45.5. The van der Waals surface area contributed by atoms with Gasteiger partial charge in [-0.25, -0.2) is 0 Å². The van der Waals surface area contributed by atoms with Gasteiger partial charge in [0.2, 0.25) is 0 Å². The summed E-state index contributed by atoms with van der Waals surface area (Å²) >= 11 is 6.81. The van der Waals surface area contributed by atoms with E-state index in [2.05, 4.69) is 77.2 Å². The molecule has 0 saturated heterocycles. The highest BCUT2D eigenvalue weighted by Gasteiger charge is 2.18. The average molecular weight is 865 g/mol. The normalized spacial score (nSPS) is 12.3. The molecule has 0 aliphatic carbocycles. The standard InChI is InChI=1S/C47H53ClN6O8/c1-28-33(27-62-45-20-44(61-26-31-15-35(49-4)23-51-21-31)34(17-42(45)48)22-52-25-37(56)19-47(59)60)7-5-9-39(28)40-10-6-8-38(29(40)2)32-11-12-43-41(16-32)30(3)53-54(43)14-13-50-24-36(55)18-46(57)58/h5-12,15-17,20-21,23,36-37,49-50,52,55-56H,13-14,18-19,22,24-27H2,1-4H3,(H,57,58)(H,59,60)/t36-,37-/m0/s1. The first-order chi connectivity index (χ1) is 29.8. The minimum atomic E-state index is -1.08. The average Bonchev–Trinajstić information content (AvgIpc) is 3.55. The molecule has 2 atom stereocenters. The highest BCUT2D eigenvalue weighted by molar-refractivity contribution is 6.32. The molecule has 0 spiro atoms. The van der Waals surface area contributed by atoms with Crippen LogP contribution in [0, 0.1) is 20.8 Å². The van der Waals surface area contributed by atoms with Gasteiger partial charge >= 0.3 is 11.9 Å². The number of pyridine rings is 1. The van der Waals surface area contributed by atoms with E-state index in [-0.39, 0.29) is 45.7 Å². The molecule has 0 saturated carbocycles. The molecule has 0 radical (unpaired) electrons. The van der Waals surface area contributed by atoms with Crippen molar-refractivity contribution >= 4 is 40.1 Å². The molecule has 4 aromatic carbocycles. The molecule has 15 heteroatoms. The maximum absolute atomic E-state index is 11.0. The van der Waals surface area contributed by atoms with Gasteiger partial charge in [0, 0.05) is 68.2 Å². The molecule has 326 valence electrons. The van der Waals surface area contributed by atoms with E-state index in [1.807, 2.05) is 36.9 Å². The van der Waals surface area contributed by atoms with Gasteiger partial charge in [-0.1, -0.05) is 54.1 Å². The number of nitrogens with zero attached hydrogens (tertiary/aromatic N) is 3. The van der Waals surface area contributed by atoms with Crippen LogP contribution in [0.3, 0.4) is 0 Å². The van der Waals surface area contributed by atoms with Gasteiger partial charge < -0.3 is 45.9 Å². The molecule has 0 amide bonds. The number of carboxylic acids is 2. The van der Waals surface area contributed by atoms with E-state index in [0.717, 1.165) is 66.8 Å². The second kappa shape index (κ2) is 21.2. The zero-order chi connectivity index (χ0) is 44.3. The van der Waals surface area contributed by atoms with Crippen molar-refractivity contribution in [1.82, 2.24) is 25.4 Å². The molecule has 2 aromatic heterocycles. The summed E-state index contributed by atoms with van der Waals surface area (Å²) < 4.78 is 14.6. The molecule has 0 bridgehead atoms. The molecular weight excluding hydrogens is 812 g/mol. The van der Waals surface area contributed by atoms with Crippen LogP contribution < -0.4 is 25.4 Å². The monoisotopic (exact) mass is 864 g/mol. The van der Waals surface area contributed by atoms with Gasteiger partial charge in [-0.3, -0.25) is 19.3 Å². The lowest BCUT2D eigenvalue weighted by Gasteiger charge is -2.18. The number of aliphatic carboxylic acids is 2. The fourth-order valence-electron chi connectivity index (χ4n) is 7.40. The van der Waals surface area contributed by atoms with Crippen molar-refractivity contribution in [2.24, 2.45) is 0 Å². The Balaban J connectivity index is 1.19. The SMILES string of the molecule is CNc1cncc(COc2cc(OCc3cccc(-c4cccc(-c5ccc6c(c5)c(C)nn6CCNC[C@@H](O)CC(=O)O)c4C)c3C)c(Cl)cc2CNC[C@@H](O)CC(=O)O)c1. The van der Waals surface area contributed by atoms with Crippen LogP contribution in [0.5, 0.6) is 11.5 Å². The number of carbonyl (C=O) groups is 2. The minimum absolute atomic E-state index is 0.0703. The fourth-order valence-corrected chi connectivity index (χ4v) is 7.64. The summed E-state index contributed by atoms with van der Waals surface area (Å²) in [6.07, 6.45) is 0.769. The molecule has 7 N–H and O–H groups in total. The highest BCUT2D eigenvalue weighted by atomic mass is 35.5. The Bertz CT molecular complexity index is 2530. The number of aromatic nitrogens is 3. The van der Waals surface area contributed by atoms with Crippen molar-refractivity contribution in [2.45, 2.75) is 72.1 Å². The number of aryl methyl sites for hydroxylation is 1. The predicted octanol–water partition coefficient (Wildman–Crippen LogP) is 6.89. The number of ether oxygens (including phenoxy) is 2. The first-order valence-electron chi connectivity index (χ1n) is 20.4. The molecule has 0 aliphatic heterocycles. The summed E-state index contributed by atoms with van der Waals surface area (Å²) in [4.78, 5) is 26.2. The fraction of sp³-hybridized carbons (Fsp3) is 0.319. The maximum atomic E-state index is 11.0. The van der Waals surface area contributed by atoms with Crippen molar-refractivity contribution in [3.8, 4) is 33.8 Å². The topological polar surface area (TPSA) is 200 Å². The van der Waals surface area contributed by atoms with Crippen molar-refractivity contribution in [3.63, 3.8) is 0 Å². The number of aliphatic hydroxyl groups excluding tert-OH is 2. The first-order valence-corrected chi connectivity index (χ1v) is 20.8. The van der Waals surface area contributed by atoms with Gasteiger partial charge in [-0.05, 0) is 84.0 Å². The molecule has 2 heterocycles. The lowest BCUT2D eigenvalue weighted by atomic mass is 9.89. The Morgan fingerprint density at radius 2 is 1.45 bits per heavy atom. The number of nitrogens with one attached hydrogen (secondary N) is 3. The molecule has 14 nitrogen and oxygen atoms in total. The molecule has 62 heavy (non-hydrogen) atoms. The number of carboxylic acid groups (broad SMARTS) is 2. The van der Waals surface area contributed by atoms with Gasteiger partial charge in [-0.2, -0.15) is 5.10 Å². The second-order valence-electron chi connectivity index (χ2n) is 15.2. The van der Waals surface area contributed by atoms with Crippen LogP contribution in [0.4, 0.5) is 5.69 Å².